The molecule has 0 spiro atoms. The number of furan rings is 1. The van der Waals surface area contributed by atoms with Crippen LogP contribution >= 0.6 is 0 Å². The lowest BCUT2D eigenvalue weighted by molar-refractivity contribution is 0.0600. The molecule has 2 aromatic carbocycles. The van der Waals surface area contributed by atoms with Crippen LogP contribution in [0.2, 0.25) is 0 Å². The van der Waals surface area contributed by atoms with Gasteiger partial charge in [-0.15, -0.1) is 0 Å². The lowest BCUT2D eigenvalue weighted by Crippen LogP contribution is -2.13. The summed E-state index contributed by atoms with van der Waals surface area (Å²) in [4.78, 5) is 24.3. The molecule has 0 saturated heterocycles. The van der Waals surface area contributed by atoms with Crippen molar-refractivity contribution < 1.29 is 27.2 Å². The van der Waals surface area contributed by atoms with Crippen LogP contribution in [-0.2, 0) is 20.3 Å². The lowest BCUT2D eigenvalue weighted by atomic mass is 10.1. The third-order valence-corrected chi connectivity index (χ3v) is 5.88. The standard InChI is InChI=1S/C21H19NO6S/c1-14-8-9-15(21(24)27-2)12-18(14)22-20(23)19-11-10-16(28-19)13-29(25,26)17-6-4-3-5-7-17/h3-12H,13H2,1-2H3,(H,22,23). The van der Waals surface area contributed by atoms with Crippen molar-refractivity contribution in [2.24, 2.45) is 0 Å². The smallest absolute Gasteiger partial charge is 0.337 e. The van der Waals surface area contributed by atoms with E-state index in [9.17, 15) is 18.0 Å². The van der Waals surface area contributed by atoms with Crippen LogP contribution in [0.25, 0.3) is 0 Å². The van der Waals surface area contributed by atoms with Gasteiger partial charge in [0.2, 0.25) is 0 Å². The number of benzene rings is 2. The summed E-state index contributed by atoms with van der Waals surface area (Å²) in [5, 5.41) is 2.66. The number of rotatable bonds is 6. The highest BCUT2D eigenvalue weighted by molar-refractivity contribution is 7.90. The zero-order valence-corrected chi connectivity index (χ0v) is 16.7. The molecule has 1 heterocycles. The second-order valence-corrected chi connectivity index (χ2v) is 8.30. The quantitative estimate of drug-likeness (QED) is 0.620. The summed E-state index contributed by atoms with van der Waals surface area (Å²) in [7, 11) is -2.31. The summed E-state index contributed by atoms with van der Waals surface area (Å²) >= 11 is 0. The average molecular weight is 413 g/mol. The number of nitrogens with one attached hydrogen (secondary N) is 1. The maximum atomic E-state index is 12.5. The normalized spacial score (nSPS) is 11.1. The molecule has 0 unspecified atom stereocenters. The molecule has 7 nitrogen and oxygen atoms in total. The molecule has 0 aliphatic carbocycles. The van der Waals surface area contributed by atoms with E-state index in [4.69, 9.17) is 4.42 Å². The van der Waals surface area contributed by atoms with Gasteiger partial charge in [-0.05, 0) is 48.9 Å². The van der Waals surface area contributed by atoms with Gasteiger partial charge >= 0.3 is 5.97 Å². The Labute approximate surface area is 168 Å². The van der Waals surface area contributed by atoms with Crippen LogP contribution in [0.1, 0.15) is 32.2 Å². The number of hydrogen-bond acceptors (Lipinski definition) is 6. The summed E-state index contributed by atoms with van der Waals surface area (Å²) in [6.07, 6.45) is 0. The van der Waals surface area contributed by atoms with Crippen molar-refractivity contribution in [2.75, 3.05) is 12.4 Å². The number of carbonyl (C=O) groups excluding carboxylic acids is 2. The maximum Gasteiger partial charge on any atom is 0.337 e. The van der Waals surface area contributed by atoms with E-state index in [0.29, 0.717) is 11.3 Å². The highest BCUT2D eigenvalue weighted by Crippen LogP contribution is 2.21. The van der Waals surface area contributed by atoms with Gasteiger partial charge in [-0.2, -0.15) is 0 Å². The Morgan fingerprint density at radius 2 is 1.76 bits per heavy atom. The van der Waals surface area contributed by atoms with Crippen molar-refractivity contribution in [3.63, 3.8) is 0 Å². The number of anilines is 1. The van der Waals surface area contributed by atoms with Crippen LogP contribution in [-0.4, -0.2) is 27.4 Å². The van der Waals surface area contributed by atoms with E-state index in [1.54, 1.807) is 37.3 Å². The first-order valence-electron chi connectivity index (χ1n) is 8.67. The zero-order chi connectivity index (χ0) is 21.0. The van der Waals surface area contributed by atoms with Gasteiger partial charge in [-0.25, -0.2) is 13.2 Å². The molecule has 0 radical (unpaired) electrons. The second kappa shape index (κ2) is 8.32. The van der Waals surface area contributed by atoms with Crippen molar-refractivity contribution in [1.29, 1.82) is 0 Å². The molecule has 0 atom stereocenters. The number of sulfone groups is 1. The monoisotopic (exact) mass is 413 g/mol. The van der Waals surface area contributed by atoms with Gasteiger partial charge in [0.25, 0.3) is 5.91 Å². The molecule has 0 saturated carbocycles. The molecule has 1 N–H and O–H groups in total. The van der Waals surface area contributed by atoms with Crippen LogP contribution < -0.4 is 5.32 Å². The Kier molecular flexibility index (Phi) is 5.84. The molecule has 1 amide bonds. The fourth-order valence-electron chi connectivity index (χ4n) is 2.66. The molecular formula is C21H19NO6S. The lowest BCUT2D eigenvalue weighted by Gasteiger charge is -2.09. The van der Waals surface area contributed by atoms with Crippen molar-refractivity contribution >= 4 is 27.4 Å². The largest absolute Gasteiger partial charge is 0.465 e. The summed E-state index contributed by atoms with van der Waals surface area (Å²) in [5.41, 5.74) is 1.46. The highest BCUT2D eigenvalue weighted by atomic mass is 32.2. The summed E-state index contributed by atoms with van der Waals surface area (Å²) in [6.45, 7) is 1.77. The molecule has 0 bridgehead atoms. The van der Waals surface area contributed by atoms with Crippen LogP contribution in [0.15, 0.2) is 70.0 Å². The topological polar surface area (TPSA) is 103 Å². The second-order valence-electron chi connectivity index (χ2n) is 6.31. The number of carbonyl (C=O) groups is 2. The van der Waals surface area contributed by atoms with Gasteiger partial charge in [0, 0.05) is 5.69 Å². The summed E-state index contributed by atoms with van der Waals surface area (Å²) < 4.78 is 35.0. The zero-order valence-electron chi connectivity index (χ0n) is 15.8. The van der Waals surface area contributed by atoms with E-state index >= 15 is 0 Å². The van der Waals surface area contributed by atoms with Crippen molar-refractivity contribution in [2.45, 2.75) is 17.6 Å². The van der Waals surface area contributed by atoms with Gasteiger partial charge in [-0.3, -0.25) is 4.79 Å². The van der Waals surface area contributed by atoms with Crippen molar-refractivity contribution in [1.82, 2.24) is 0 Å². The molecule has 0 aliphatic rings. The number of hydrogen-bond donors (Lipinski definition) is 1. The number of esters is 1. The number of methoxy groups -OCH3 is 1. The van der Waals surface area contributed by atoms with Crippen LogP contribution in [0.4, 0.5) is 5.69 Å². The first-order chi connectivity index (χ1) is 13.8. The first kappa shape index (κ1) is 20.3. The van der Waals surface area contributed by atoms with E-state index in [-0.39, 0.29) is 22.2 Å². The molecule has 3 rings (SSSR count). The van der Waals surface area contributed by atoms with Crippen LogP contribution in [0, 0.1) is 6.92 Å². The van der Waals surface area contributed by atoms with E-state index in [2.05, 4.69) is 10.1 Å². The predicted octanol–water partition coefficient (Wildman–Crippen LogP) is 3.60. The van der Waals surface area contributed by atoms with Gasteiger partial charge in [-0.1, -0.05) is 24.3 Å². The van der Waals surface area contributed by atoms with Crippen LogP contribution in [0.3, 0.4) is 0 Å². The Bertz CT molecular complexity index is 1150. The third-order valence-electron chi connectivity index (χ3n) is 4.23. The van der Waals surface area contributed by atoms with E-state index < -0.39 is 21.7 Å². The Balaban J connectivity index is 1.76. The number of amides is 1. The van der Waals surface area contributed by atoms with Gasteiger partial charge in [0.1, 0.15) is 11.5 Å². The minimum atomic E-state index is -3.59. The molecule has 3 aromatic rings. The number of aryl methyl sites for hydroxylation is 1. The van der Waals surface area contributed by atoms with E-state index in [0.717, 1.165) is 5.56 Å². The maximum absolute atomic E-state index is 12.5. The Morgan fingerprint density at radius 3 is 2.45 bits per heavy atom. The van der Waals surface area contributed by atoms with Gasteiger partial charge in [0.15, 0.2) is 15.6 Å². The predicted molar refractivity (Wildman–Crippen MR) is 107 cm³/mol. The van der Waals surface area contributed by atoms with Gasteiger partial charge < -0.3 is 14.5 Å². The van der Waals surface area contributed by atoms with Gasteiger partial charge in [0.05, 0.1) is 17.6 Å². The van der Waals surface area contributed by atoms with Crippen LogP contribution in [0.5, 0.6) is 0 Å². The average Bonchev–Trinajstić information content (AvgIpc) is 3.17. The highest BCUT2D eigenvalue weighted by Gasteiger charge is 2.20. The molecule has 0 fully saturated rings. The molecule has 8 heteroatoms. The minimum Gasteiger partial charge on any atom is -0.465 e. The fourth-order valence-corrected chi connectivity index (χ4v) is 3.93. The molecule has 0 aliphatic heterocycles. The minimum absolute atomic E-state index is 0.0360. The molecule has 1 aromatic heterocycles. The fraction of sp³-hybridized carbons (Fsp3) is 0.143. The molecular weight excluding hydrogens is 394 g/mol. The first-order valence-corrected chi connectivity index (χ1v) is 10.3. The third kappa shape index (κ3) is 4.72. The SMILES string of the molecule is COC(=O)c1ccc(C)c(NC(=O)c2ccc(CS(=O)(=O)c3ccccc3)o2)c1. The van der Waals surface area contributed by atoms with Crippen molar-refractivity contribution in [3.05, 3.63) is 83.3 Å². The molecule has 29 heavy (non-hydrogen) atoms. The Morgan fingerprint density at radius 1 is 1.03 bits per heavy atom. The molecule has 150 valence electrons. The van der Waals surface area contributed by atoms with Crippen molar-refractivity contribution in [3.8, 4) is 0 Å². The Hall–Kier alpha value is -3.39. The van der Waals surface area contributed by atoms with E-state index in [1.165, 1.54) is 37.4 Å². The summed E-state index contributed by atoms with van der Waals surface area (Å²) in [5.74, 6) is -1.32. The number of ether oxygens (including phenoxy) is 1. The summed E-state index contributed by atoms with van der Waals surface area (Å²) in [6, 6.07) is 15.6. The van der Waals surface area contributed by atoms with E-state index in [1.807, 2.05) is 0 Å².